The third-order valence-corrected chi connectivity index (χ3v) is 4.30. The molecule has 1 aliphatic heterocycles. The summed E-state index contributed by atoms with van der Waals surface area (Å²) in [6, 6.07) is 1.54. The Bertz CT molecular complexity index is 590. The zero-order chi connectivity index (χ0) is 14.7. The molecule has 3 rings (SSSR count). The standard InChI is InChI=1S/C14H17N3O3S/c1-9-15-14(20-17-9)12(10-2-5-19-6-3-10)16-13(18)11-4-7-21-8-11/h4,7-8,10,12H,2-3,5-6H2,1H3,(H,16,18). The number of nitrogens with zero attached hydrogens (tertiary/aromatic N) is 2. The molecule has 2 aromatic heterocycles. The molecule has 1 aliphatic rings. The summed E-state index contributed by atoms with van der Waals surface area (Å²) in [5.41, 5.74) is 0.660. The molecule has 112 valence electrons. The van der Waals surface area contributed by atoms with Crippen molar-refractivity contribution >= 4 is 17.2 Å². The molecule has 1 amide bonds. The van der Waals surface area contributed by atoms with E-state index in [0.717, 1.165) is 12.8 Å². The van der Waals surface area contributed by atoms with Crippen molar-refractivity contribution < 1.29 is 14.1 Å². The molecule has 1 saturated heterocycles. The highest BCUT2D eigenvalue weighted by Gasteiger charge is 2.31. The van der Waals surface area contributed by atoms with E-state index in [-0.39, 0.29) is 17.9 Å². The number of ether oxygens (including phenoxy) is 1. The van der Waals surface area contributed by atoms with Gasteiger partial charge in [0.15, 0.2) is 5.82 Å². The molecule has 0 aromatic carbocycles. The first-order valence-electron chi connectivity index (χ1n) is 6.95. The molecule has 0 aliphatic carbocycles. The average molecular weight is 307 g/mol. The van der Waals surface area contributed by atoms with Crippen LogP contribution in [0.3, 0.4) is 0 Å². The summed E-state index contributed by atoms with van der Waals surface area (Å²) in [5.74, 6) is 1.19. The Morgan fingerprint density at radius 2 is 2.29 bits per heavy atom. The van der Waals surface area contributed by atoms with Crippen LogP contribution in [-0.2, 0) is 4.74 Å². The monoisotopic (exact) mass is 307 g/mol. The van der Waals surface area contributed by atoms with Gasteiger partial charge in [-0.25, -0.2) is 0 Å². The lowest BCUT2D eigenvalue weighted by Crippen LogP contribution is -2.36. The molecule has 0 saturated carbocycles. The summed E-state index contributed by atoms with van der Waals surface area (Å²) in [5, 5.41) is 10.6. The highest BCUT2D eigenvalue weighted by Crippen LogP contribution is 2.29. The minimum atomic E-state index is -0.262. The second-order valence-corrected chi connectivity index (χ2v) is 5.87. The van der Waals surface area contributed by atoms with Crippen molar-refractivity contribution in [2.45, 2.75) is 25.8 Å². The van der Waals surface area contributed by atoms with Crippen molar-refractivity contribution in [1.82, 2.24) is 15.5 Å². The smallest absolute Gasteiger partial charge is 0.252 e. The Morgan fingerprint density at radius 3 is 2.90 bits per heavy atom. The van der Waals surface area contributed by atoms with Gasteiger partial charge in [-0.15, -0.1) is 0 Å². The number of aromatic nitrogens is 2. The van der Waals surface area contributed by atoms with Gasteiger partial charge in [-0.1, -0.05) is 5.16 Å². The summed E-state index contributed by atoms with van der Waals surface area (Å²) < 4.78 is 10.7. The van der Waals surface area contributed by atoms with Crippen molar-refractivity contribution in [2.75, 3.05) is 13.2 Å². The van der Waals surface area contributed by atoms with Crippen LogP contribution in [0, 0.1) is 12.8 Å². The van der Waals surface area contributed by atoms with Crippen molar-refractivity contribution in [1.29, 1.82) is 0 Å². The molecule has 1 fully saturated rings. The van der Waals surface area contributed by atoms with Gasteiger partial charge in [0.05, 0.1) is 5.56 Å². The van der Waals surface area contributed by atoms with Gasteiger partial charge in [0.1, 0.15) is 6.04 Å². The van der Waals surface area contributed by atoms with Crippen LogP contribution in [0.25, 0.3) is 0 Å². The van der Waals surface area contributed by atoms with Crippen LogP contribution in [0.4, 0.5) is 0 Å². The fourth-order valence-electron chi connectivity index (χ4n) is 2.49. The Kier molecular flexibility index (Phi) is 4.31. The van der Waals surface area contributed by atoms with E-state index in [2.05, 4.69) is 15.5 Å². The first kappa shape index (κ1) is 14.2. The SMILES string of the molecule is Cc1noc(C(NC(=O)c2ccsc2)C2CCOCC2)n1. The van der Waals surface area contributed by atoms with E-state index in [1.807, 2.05) is 10.8 Å². The number of thiophene rings is 1. The number of rotatable bonds is 4. The Balaban J connectivity index is 1.79. The molecule has 0 radical (unpaired) electrons. The predicted molar refractivity (Wildman–Crippen MR) is 77.1 cm³/mol. The van der Waals surface area contributed by atoms with Crippen molar-refractivity contribution in [2.24, 2.45) is 5.92 Å². The van der Waals surface area contributed by atoms with Crippen molar-refractivity contribution in [3.63, 3.8) is 0 Å². The number of carbonyl (C=O) groups is 1. The summed E-state index contributed by atoms with van der Waals surface area (Å²) in [4.78, 5) is 16.6. The van der Waals surface area contributed by atoms with E-state index in [4.69, 9.17) is 9.26 Å². The molecule has 0 spiro atoms. The van der Waals surface area contributed by atoms with Gasteiger partial charge in [0.2, 0.25) is 5.89 Å². The van der Waals surface area contributed by atoms with Crippen LogP contribution >= 0.6 is 11.3 Å². The predicted octanol–water partition coefficient (Wildman–Crippen LogP) is 2.34. The maximum absolute atomic E-state index is 12.3. The summed E-state index contributed by atoms with van der Waals surface area (Å²) in [6.07, 6.45) is 1.74. The molecule has 2 aromatic rings. The molecule has 1 unspecified atom stereocenters. The second-order valence-electron chi connectivity index (χ2n) is 5.09. The molecule has 21 heavy (non-hydrogen) atoms. The molecule has 0 bridgehead atoms. The minimum Gasteiger partial charge on any atom is -0.381 e. The van der Waals surface area contributed by atoms with Crippen LogP contribution in [0.1, 0.15) is 41.0 Å². The number of carbonyl (C=O) groups excluding carboxylic acids is 1. The number of nitrogens with one attached hydrogen (secondary N) is 1. The zero-order valence-electron chi connectivity index (χ0n) is 11.7. The largest absolute Gasteiger partial charge is 0.381 e. The Hall–Kier alpha value is -1.73. The van der Waals surface area contributed by atoms with E-state index < -0.39 is 0 Å². The first-order chi connectivity index (χ1) is 10.2. The van der Waals surface area contributed by atoms with E-state index in [9.17, 15) is 4.79 Å². The summed E-state index contributed by atoms with van der Waals surface area (Å²) in [6.45, 7) is 3.17. The molecule has 7 heteroatoms. The number of amides is 1. The van der Waals surface area contributed by atoms with E-state index in [1.165, 1.54) is 11.3 Å². The van der Waals surface area contributed by atoms with Gasteiger partial charge >= 0.3 is 0 Å². The molecular weight excluding hydrogens is 290 g/mol. The van der Waals surface area contributed by atoms with Gasteiger partial charge < -0.3 is 14.6 Å². The van der Waals surface area contributed by atoms with Crippen LogP contribution in [0.15, 0.2) is 21.3 Å². The lowest BCUT2D eigenvalue weighted by atomic mass is 9.91. The van der Waals surface area contributed by atoms with Crippen LogP contribution in [0.5, 0.6) is 0 Å². The van der Waals surface area contributed by atoms with Crippen LogP contribution in [-0.4, -0.2) is 29.3 Å². The first-order valence-corrected chi connectivity index (χ1v) is 7.89. The van der Waals surface area contributed by atoms with Crippen LogP contribution < -0.4 is 5.32 Å². The maximum atomic E-state index is 12.3. The average Bonchev–Trinajstić information content (AvgIpc) is 3.17. The van der Waals surface area contributed by atoms with Crippen LogP contribution in [0.2, 0.25) is 0 Å². The fourth-order valence-corrected chi connectivity index (χ4v) is 3.12. The summed E-state index contributed by atoms with van der Waals surface area (Å²) >= 11 is 1.50. The molecule has 1 N–H and O–H groups in total. The number of aryl methyl sites for hydroxylation is 1. The van der Waals surface area contributed by atoms with Gasteiger partial charge in [0.25, 0.3) is 5.91 Å². The van der Waals surface area contributed by atoms with Crippen molar-refractivity contribution in [3.05, 3.63) is 34.1 Å². The highest BCUT2D eigenvalue weighted by atomic mass is 32.1. The van der Waals surface area contributed by atoms with E-state index in [0.29, 0.717) is 30.5 Å². The molecule has 1 atom stereocenters. The molecule has 3 heterocycles. The Morgan fingerprint density at radius 1 is 1.48 bits per heavy atom. The van der Waals surface area contributed by atoms with Crippen molar-refractivity contribution in [3.8, 4) is 0 Å². The third-order valence-electron chi connectivity index (χ3n) is 3.62. The highest BCUT2D eigenvalue weighted by molar-refractivity contribution is 7.08. The quantitative estimate of drug-likeness (QED) is 0.938. The maximum Gasteiger partial charge on any atom is 0.252 e. The minimum absolute atomic E-state index is 0.108. The molecular formula is C14H17N3O3S. The van der Waals surface area contributed by atoms with Gasteiger partial charge in [-0.3, -0.25) is 4.79 Å². The molecule has 6 nitrogen and oxygen atoms in total. The topological polar surface area (TPSA) is 77.2 Å². The zero-order valence-corrected chi connectivity index (χ0v) is 12.6. The lowest BCUT2D eigenvalue weighted by molar-refractivity contribution is 0.0468. The lowest BCUT2D eigenvalue weighted by Gasteiger charge is -2.28. The number of hydrogen-bond acceptors (Lipinski definition) is 6. The third kappa shape index (κ3) is 3.30. The van der Waals surface area contributed by atoms with E-state index >= 15 is 0 Å². The Labute approximate surface area is 126 Å². The normalized spacial score (nSPS) is 17.6. The van der Waals surface area contributed by atoms with E-state index in [1.54, 1.807) is 13.0 Å². The van der Waals surface area contributed by atoms with Gasteiger partial charge in [-0.2, -0.15) is 16.3 Å². The second kappa shape index (κ2) is 6.36. The van der Waals surface area contributed by atoms with Gasteiger partial charge in [0, 0.05) is 18.6 Å². The summed E-state index contributed by atoms with van der Waals surface area (Å²) in [7, 11) is 0. The number of hydrogen-bond donors (Lipinski definition) is 1. The van der Waals surface area contributed by atoms with Gasteiger partial charge in [-0.05, 0) is 37.1 Å². The fraction of sp³-hybridized carbons (Fsp3) is 0.500.